The van der Waals surface area contributed by atoms with Crippen molar-refractivity contribution < 1.29 is 4.79 Å². The number of carbonyl (C=O) groups is 1. The Bertz CT molecular complexity index is 505. The Labute approximate surface area is 135 Å². The van der Waals surface area contributed by atoms with E-state index in [4.69, 9.17) is 11.6 Å². The van der Waals surface area contributed by atoms with Crippen molar-refractivity contribution in [3.05, 3.63) is 34.9 Å². The third-order valence-electron chi connectivity index (χ3n) is 4.26. The summed E-state index contributed by atoms with van der Waals surface area (Å²) in [6, 6.07) is 8.38. The molecule has 0 aromatic heterocycles. The number of thioether (sulfide) groups is 1. The first-order valence-corrected chi connectivity index (χ1v) is 9.14. The van der Waals surface area contributed by atoms with E-state index in [0.717, 1.165) is 48.0 Å². The van der Waals surface area contributed by atoms with Gasteiger partial charge in [-0.25, -0.2) is 0 Å². The van der Waals surface area contributed by atoms with Gasteiger partial charge in [-0.05, 0) is 24.5 Å². The molecule has 1 amide bonds. The molecular formula is C16H21ClN2OS. The minimum Gasteiger partial charge on any atom is -0.336 e. The van der Waals surface area contributed by atoms with Crippen LogP contribution in [0, 0.1) is 0 Å². The molecule has 2 atom stereocenters. The quantitative estimate of drug-likeness (QED) is 0.927. The number of hydrogen-bond donors (Lipinski definition) is 1. The highest BCUT2D eigenvalue weighted by Gasteiger charge is 2.32. The first kappa shape index (κ1) is 15.2. The highest BCUT2D eigenvalue weighted by Crippen LogP contribution is 2.36. The van der Waals surface area contributed by atoms with E-state index < -0.39 is 0 Å². The molecule has 2 fully saturated rings. The standard InChI is InChI=1S/C16H21ClN2OS/c17-14-5-2-1-4-13(14)15-6-3-8-19(15)16(20)10-12-11-21-9-7-18-12/h1-2,4-5,12,15,18H,3,6-11H2. The summed E-state index contributed by atoms with van der Waals surface area (Å²) in [5, 5.41) is 4.22. The van der Waals surface area contributed by atoms with E-state index in [1.165, 1.54) is 0 Å². The molecule has 0 bridgehead atoms. The van der Waals surface area contributed by atoms with Gasteiger partial charge in [0.15, 0.2) is 0 Å². The monoisotopic (exact) mass is 324 g/mol. The summed E-state index contributed by atoms with van der Waals surface area (Å²) in [5.74, 6) is 2.45. The average Bonchev–Trinajstić information content (AvgIpc) is 2.98. The topological polar surface area (TPSA) is 32.3 Å². The fourth-order valence-corrected chi connectivity index (χ4v) is 4.42. The lowest BCUT2D eigenvalue weighted by Gasteiger charge is -2.29. The van der Waals surface area contributed by atoms with Crippen LogP contribution in [0.25, 0.3) is 0 Å². The second-order valence-electron chi connectivity index (χ2n) is 5.70. The van der Waals surface area contributed by atoms with Crippen LogP contribution in [0.15, 0.2) is 24.3 Å². The predicted octanol–water partition coefficient (Wildman–Crippen LogP) is 3.10. The van der Waals surface area contributed by atoms with Crippen LogP contribution in [0.3, 0.4) is 0 Å². The summed E-state index contributed by atoms with van der Waals surface area (Å²) in [5.41, 5.74) is 1.09. The van der Waals surface area contributed by atoms with Gasteiger partial charge >= 0.3 is 0 Å². The molecule has 3 rings (SSSR count). The lowest BCUT2D eigenvalue weighted by Crippen LogP contribution is -2.42. The van der Waals surface area contributed by atoms with Crippen molar-refractivity contribution in [2.75, 3.05) is 24.6 Å². The fraction of sp³-hybridized carbons (Fsp3) is 0.562. The molecule has 1 aromatic carbocycles. The fourth-order valence-electron chi connectivity index (χ4n) is 3.21. The number of amides is 1. The molecule has 2 aliphatic heterocycles. The van der Waals surface area contributed by atoms with Crippen LogP contribution in [0.5, 0.6) is 0 Å². The third kappa shape index (κ3) is 3.55. The highest BCUT2D eigenvalue weighted by atomic mass is 35.5. The molecule has 2 saturated heterocycles. The van der Waals surface area contributed by atoms with E-state index >= 15 is 0 Å². The van der Waals surface area contributed by atoms with E-state index in [0.29, 0.717) is 12.5 Å². The molecule has 0 radical (unpaired) electrons. The lowest BCUT2D eigenvalue weighted by molar-refractivity contribution is -0.132. The Morgan fingerprint density at radius 2 is 2.29 bits per heavy atom. The molecule has 1 aromatic rings. The Balaban J connectivity index is 1.68. The maximum Gasteiger partial charge on any atom is 0.224 e. The van der Waals surface area contributed by atoms with Crippen LogP contribution in [-0.4, -0.2) is 41.4 Å². The van der Waals surface area contributed by atoms with Gasteiger partial charge in [-0.2, -0.15) is 11.8 Å². The average molecular weight is 325 g/mol. The lowest BCUT2D eigenvalue weighted by atomic mass is 10.0. The first-order chi connectivity index (χ1) is 10.3. The van der Waals surface area contributed by atoms with Gasteiger partial charge in [-0.15, -0.1) is 0 Å². The predicted molar refractivity (Wildman–Crippen MR) is 88.9 cm³/mol. The zero-order chi connectivity index (χ0) is 14.7. The molecule has 2 heterocycles. The SMILES string of the molecule is O=C(CC1CSCCN1)N1CCCC1c1ccccc1Cl. The van der Waals surface area contributed by atoms with Crippen molar-refractivity contribution in [3.63, 3.8) is 0 Å². The van der Waals surface area contributed by atoms with Gasteiger partial charge < -0.3 is 10.2 Å². The molecule has 3 nitrogen and oxygen atoms in total. The van der Waals surface area contributed by atoms with Gasteiger partial charge in [0.1, 0.15) is 0 Å². The molecule has 0 spiro atoms. The Morgan fingerprint density at radius 1 is 1.43 bits per heavy atom. The normalized spacial score (nSPS) is 26.0. The third-order valence-corrected chi connectivity index (χ3v) is 5.73. The Kier molecular flexibility index (Phi) is 5.09. The molecule has 0 aliphatic carbocycles. The number of hydrogen-bond acceptors (Lipinski definition) is 3. The zero-order valence-electron chi connectivity index (χ0n) is 12.1. The van der Waals surface area contributed by atoms with Crippen molar-refractivity contribution in [1.29, 1.82) is 0 Å². The van der Waals surface area contributed by atoms with E-state index in [2.05, 4.69) is 5.32 Å². The minimum absolute atomic E-state index is 0.155. The van der Waals surface area contributed by atoms with Gasteiger partial charge in [0.05, 0.1) is 6.04 Å². The first-order valence-electron chi connectivity index (χ1n) is 7.61. The van der Waals surface area contributed by atoms with Gasteiger partial charge in [0, 0.05) is 42.1 Å². The van der Waals surface area contributed by atoms with Gasteiger partial charge in [-0.3, -0.25) is 4.79 Å². The van der Waals surface area contributed by atoms with Crippen LogP contribution in [0.2, 0.25) is 5.02 Å². The zero-order valence-corrected chi connectivity index (χ0v) is 13.6. The number of rotatable bonds is 3. The molecule has 1 N–H and O–H groups in total. The Hall–Kier alpha value is -0.710. The van der Waals surface area contributed by atoms with E-state index in [1.807, 2.05) is 40.9 Å². The number of likely N-dealkylation sites (tertiary alicyclic amines) is 1. The van der Waals surface area contributed by atoms with E-state index in [9.17, 15) is 4.79 Å². The summed E-state index contributed by atoms with van der Waals surface area (Å²) >= 11 is 8.25. The summed E-state index contributed by atoms with van der Waals surface area (Å²) in [6.45, 7) is 1.87. The van der Waals surface area contributed by atoms with Gasteiger partial charge in [-0.1, -0.05) is 29.8 Å². The number of halogens is 1. The van der Waals surface area contributed by atoms with Crippen molar-refractivity contribution >= 4 is 29.3 Å². The summed E-state index contributed by atoms with van der Waals surface area (Å²) < 4.78 is 0. The van der Waals surface area contributed by atoms with Crippen LogP contribution in [-0.2, 0) is 4.79 Å². The van der Waals surface area contributed by atoms with Crippen LogP contribution in [0.4, 0.5) is 0 Å². The molecule has 5 heteroatoms. The Morgan fingerprint density at radius 3 is 3.05 bits per heavy atom. The largest absolute Gasteiger partial charge is 0.336 e. The number of nitrogens with one attached hydrogen (secondary N) is 1. The van der Waals surface area contributed by atoms with Crippen molar-refractivity contribution in [1.82, 2.24) is 10.2 Å². The number of carbonyl (C=O) groups excluding carboxylic acids is 1. The minimum atomic E-state index is 0.155. The van der Waals surface area contributed by atoms with E-state index in [-0.39, 0.29) is 11.9 Å². The van der Waals surface area contributed by atoms with Crippen molar-refractivity contribution in [2.45, 2.75) is 31.3 Å². The second-order valence-corrected chi connectivity index (χ2v) is 7.25. The van der Waals surface area contributed by atoms with E-state index in [1.54, 1.807) is 0 Å². The summed E-state index contributed by atoms with van der Waals surface area (Å²) in [6.07, 6.45) is 2.69. The van der Waals surface area contributed by atoms with Crippen LogP contribution < -0.4 is 5.32 Å². The number of benzene rings is 1. The molecule has 0 saturated carbocycles. The molecule has 2 aliphatic rings. The second kappa shape index (κ2) is 7.03. The summed E-state index contributed by atoms with van der Waals surface area (Å²) in [4.78, 5) is 14.7. The highest BCUT2D eigenvalue weighted by molar-refractivity contribution is 7.99. The van der Waals surface area contributed by atoms with Gasteiger partial charge in [0.25, 0.3) is 0 Å². The molecule has 2 unspecified atom stereocenters. The van der Waals surface area contributed by atoms with Crippen molar-refractivity contribution in [2.24, 2.45) is 0 Å². The van der Waals surface area contributed by atoms with Gasteiger partial charge in [0.2, 0.25) is 5.91 Å². The summed E-state index contributed by atoms with van der Waals surface area (Å²) in [7, 11) is 0. The maximum atomic E-state index is 12.6. The van der Waals surface area contributed by atoms with Crippen LogP contribution in [0.1, 0.15) is 30.9 Å². The molecule has 21 heavy (non-hydrogen) atoms. The molecular weight excluding hydrogens is 304 g/mol. The maximum absolute atomic E-state index is 12.6. The number of nitrogens with zero attached hydrogens (tertiary/aromatic N) is 1. The van der Waals surface area contributed by atoms with Crippen LogP contribution >= 0.6 is 23.4 Å². The van der Waals surface area contributed by atoms with Crippen molar-refractivity contribution in [3.8, 4) is 0 Å². The molecule has 114 valence electrons. The smallest absolute Gasteiger partial charge is 0.224 e.